The van der Waals surface area contributed by atoms with Crippen LogP contribution in [0.1, 0.15) is 6.42 Å². The second-order valence-corrected chi connectivity index (χ2v) is 4.36. The third-order valence-electron chi connectivity index (χ3n) is 2.84. The number of benzene rings is 1. The van der Waals surface area contributed by atoms with Gasteiger partial charge in [-0.25, -0.2) is 4.98 Å². The number of nitrogens with zero attached hydrogens (tertiary/aromatic N) is 2. The first-order valence-corrected chi connectivity index (χ1v) is 6.79. The number of aromatic nitrogens is 2. The van der Waals surface area contributed by atoms with Crippen LogP contribution in [-0.2, 0) is 4.74 Å². The van der Waals surface area contributed by atoms with Crippen LogP contribution in [0.4, 0.5) is 17.5 Å². The number of hydrogen-bond acceptors (Lipinski definition) is 6. The largest absolute Gasteiger partial charge is 0.495 e. The third-order valence-corrected chi connectivity index (χ3v) is 2.84. The van der Waals surface area contributed by atoms with Crippen molar-refractivity contribution in [3.8, 4) is 5.75 Å². The average molecular weight is 288 g/mol. The second kappa shape index (κ2) is 8.06. The van der Waals surface area contributed by atoms with E-state index in [0.717, 1.165) is 36.8 Å². The standard InChI is InChI=1S/C15H20N4O2/c1-20-11-5-9-16-14-8-10-17-15(19-14)18-12-6-3-4-7-13(12)21-2/h3-4,6-8,10H,5,9,11H2,1-2H3,(H2,16,17,18,19). The van der Waals surface area contributed by atoms with Crippen molar-refractivity contribution in [2.45, 2.75) is 6.42 Å². The Morgan fingerprint density at radius 1 is 1.14 bits per heavy atom. The first-order valence-electron chi connectivity index (χ1n) is 6.79. The molecule has 21 heavy (non-hydrogen) atoms. The van der Waals surface area contributed by atoms with Crippen LogP contribution in [0.5, 0.6) is 5.75 Å². The highest BCUT2D eigenvalue weighted by Crippen LogP contribution is 2.25. The summed E-state index contributed by atoms with van der Waals surface area (Å²) in [5.41, 5.74) is 0.830. The Morgan fingerprint density at radius 3 is 2.81 bits per heavy atom. The Hall–Kier alpha value is -2.34. The summed E-state index contributed by atoms with van der Waals surface area (Å²) in [5, 5.41) is 6.39. The van der Waals surface area contributed by atoms with Crippen LogP contribution in [0, 0.1) is 0 Å². The van der Waals surface area contributed by atoms with Crippen LogP contribution in [0.25, 0.3) is 0 Å². The average Bonchev–Trinajstić information content (AvgIpc) is 2.52. The van der Waals surface area contributed by atoms with Gasteiger partial charge in [-0.15, -0.1) is 0 Å². The van der Waals surface area contributed by atoms with Gasteiger partial charge in [-0.1, -0.05) is 12.1 Å². The topological polar surface area (TPSA) is 68.3 Å². The zero-order valence-electron chi connectivity index (χ0n) is 12.3. The van der Waals surface area contributed by atoms with Gasteiger partial charge in [0.1, 0.15) is 11.6 Å². The molecule has 0 bridgehead atoms. The number of rotatable bonds is 8. The summed E-state index contributed by atoms with van der Waals surface area (Å²) in [6.07, 6.45) is 2.64. The maximum absolute atomic E-state index is 5.29. The van der Waals surface area contributed by atoms with E-state index >= 15 is 0 Å². The Kier molecular flexibility index (Phi) is 5.78. The zero-order chi connectivity index (χ0) is 14.9. The van der Waals surface area contributed by atoms with E-state index in [2.05, 4.69) is 20.6 Å². The first-order chi connectivity index (χ1) is 10.3. The SMILES string of the molecule is COCCCNc1ccnc(Nc2ccccc2OC)n1. The molecule has 6 heteroatoms. The van der Waals surface area contributed by atoms with Gasteiger partial charge in [0, 0.05) is 26.5 Å². The van der Waals surface area contributed by atoms with Gasteiger partial charge < -0.3 is 20.1 Å². The van der Waals surface area contributed by atoms with Crippen molar-refractivity contribution >= 4 is 17.5 Å². The molecule has 0 aliphatic heterocycles. The summed E-state index contributed by atoms with van der Waals surface area (Å²) >= 11 is 0. The molecule has 1 aromatic heterocycles. The maximum atomic E-state index is 5.29. The van der Waals surface area contributed by atoms with Gasteiger partial charge in [0.2, 0.25) is 5.95 Å². The molecule has 1 heterocycles. The van der Waals surface area contributed by atoms with Gasteiger partial charge in [-0.3, -0.25) is 0 Å². The molecule has 0 radical (unpaired) electrons. The minimum atomic E-state index is 0.524. The van der Waals surface area contributed by atoms with E-state index in [1.165, 1.54) is 0 Å². The molecule has 0 aliphatic carbocycles. The lowest BCUT2D eigenvalue weighted by atomic mass is 10.3. The molecule has 6 nitrogen and oxygen atoms in total. The van der Waals surface area contributed by atoms with Crippen molar-refractivity contribution < 1.29 is 9.47 Å². The molecular weight excluding hydrogens is 268 g/mol. The predicted molar refractivity (Wildman–Crippen MR) is 83.3 cm³/mol. The third kappa shape index (κ3) is 4.61. The minimum absolute atomic E-state index is 0.524. The summed E-state index contributed by atoms with van der Waals surface area (Å²) in [6.45, 7) is 1.53. The summed E-state index contributed by atoms with van der Waals surface area (Å²) < 4.78 is 10.3. The minimum Gasteiger partial charge on any atom is -0.495 e. The summed E-state index contributed by atoms with van der Waals surface area (Å²) in [7, 11) is 3.33. The molecule has 0 spiro atoms. The van der Waals surface area contributed by atoms with E-state index in [-0.39, 0.29) is 0 Å². The van der Waals surface area contributed by atoms with Crippen molar-refractivity contribution in [3.63, 3.8) is 0 Å². The van der Waals surface area contributed by atoms with E-state index in [1.807, 2.05) is 30.3 Å². The highest BCUT2D eigenvalue weighted by molar-refractivity contribution is 5.62. The molecule has 0 unspecified atom stereocenters. The van der Waals surface area contributed by atoms with Crippen LogP contribution >= 0.6 is 0 Å². The zero-order valence-corrected chi connectivity index (χ0v) is 12.3. The molecular formula is C15H20N4O2. The van der Waals surface area contributed by atoms with Gasteiger partial charge in [0.25, 0.3) is 0 Å². The lowest BCUT2D eigenvalue weighted by Gasteiger charge is -2.10. The number of anilines is 3. The van der Waals surface area contributed by atoms with E-state index in [1.54, 1.807) is 20.4 Å². The normalized spacial score (nSPS) is 10.2. The van der Waals surface area contributed by atoms with Crippen molar-refractivity contribution in [2.24, 2.45) is 0 Å². The maximum Gasteiger partial charge on any atom is 0.229 e. The molecule has 0 aliphatic rings. The Labute approximate surface area is 124 Å². The molecule has 0 saturated heterocycles. The van der Waals surface area contributed by atoms with E-state index in [9.17, 15) is 0 Å². The van der Waals surface area contributed by atoms with Crippen LogP contribution in [-0.4, -0.2) is 37.3 Å². The molecule has 0 saturated carbocycles. The smallest absolute Gasteiger partial charge is 0.229 e. The van der Waals surface area contributed by atoms with Crippen molar-refractivity contribution in [3.05, 3.63) is 36.5 Å². The van der Waals surface area contributed by atoms with Crippen molar-refractivity contribution in [2.75, 3.05) is 38.0 Å². The van der Waals surface area contributed by atoms with Gasteiger partial charge >= 0.3 is 0 Å². The number of nitrogens with one attached hydrogen (secondary N) is 2. The van der Waals surface area contributed by atoms with Crippen molar-refractivity contribution in [1.82, 2.24) is 9.97 Å². The molecule has 2 rings (SSSR count). The van der Waals surface area contributed by atoms with Crippen LogP contribution < -0.4 is 15.4 Å². The Bertz CT molecular complexity index is 563. The van der Waals surface area contributed by atoms with E-state index < -0.39 is 0 Å². The van der Waals surface area contributed by atoms with Crippen molar-refractivity contribution in [1.29, 1.82) is 0 Å². The first kappa shape index (κ1) is 15.1. The second-order valence-electron chi connectivity index (χ2n) is 4.36. The molecule has 0 amide bonds. The highest BCUT2D eigenvalue weighted by atomic mass is 16.5. The lowest BCUT2D eigenvalue weighted by Crippen LogP contribution is -2.07. The van der Waals surface area contributed by atoms with E-state index in [0.29, 0.717) is 5.95 Å². The number of para-hydroxylation sites is 2. The lowest BCUT2D eigenvalue weighted by molar-refractivity contribution is 0.198. The predicted octanol–water partition coefficient (Wildman–Crippen LogP) is 2.68. The molecule has 0 atom stereocenters. The number of ether oxygens (including phenoxy) is 2. The van der Waals surface area contributed by atoms with Crippen LogP contribution in [0.15, 0.2) is 36.5 Å². The van der Waals surface area contributed by atoms with Gasteiger partial charge in [0.05, 0.1) is 12.8 Å². The Balaban J connectivity index is 2.00. The summed E-state index contributed by atoms with van der Waals surface area (Å²) in [6, 6.07) is 9.48. The van der Waals surface area contributed by atoms with Crippen LogP contribution in [0.2, 0.25) is 0 Å². The molecule has 0 fully saturated rings. The fourth-order valence-electron chi connectivity index (χ4n) is 1.82. The molecule has 1 aromatic carbocycles. The monoisotopic (exact) mass is 288 g/mol. The Morgan fingerprint density at radius 2 is 2.00 bits per heavy atom. The summed E-state index contributed by atoms with van der Waals surface area (Å²) in [5.74, 6) is 2.05. The quantitative estimate of drug-likeness (QED) is 0.728. The summed E-state index contributed by atoms with van der Waals surface area (Å²) in [4.78, 5) is 8.62. The number of methoxy groups -OCH3 is 2. The van der Waals surface area contributed by atoms with Crippen LogP contribution in [0.3, 0.4) is 0 Å². The number of hydrogen-bond donors (Lipinski definition) is 2. The molecule has 2 aromatic rings. The van der Waals surface area contributed by atoms with Gasteiger partial charge in [-0.2, -0.15) is 4.98 Å². The highest BCUT2D eigenvalue weighted by Gasteiger charge is 2.04. The van der Waals surface area contributed by atoms with E-state index in [4.69, 9.17) is 9.47 Å². The molecule has 112 valence electrons. The fraction of sp³-hybridized carbons (Fsp3) is 0.333. The van der Waals surface area contributed by atoms with Gasteiger partial charge in [-0.05, 0) is 24.6 Å². The fourth-order valence-corrected chi connectivity index (χ4v) is 1.82. The van der Waals surface area contributed by atoms with Gasteiger partial charge in [0.15, 0.2) is 0 Å². The molecule has 2 N–H and O–H groups in total.